The van der Waals surface area contributed by atoms with Gasteiger partial charge in [0.05, 0.1) is 5.69 Å². The van der Waals surface area contributed by atoms with Gasteiger partial charge >= 0.3 is 0 Å². The maximum absolute atomic E-state index is 4.97. The Morgan fingerprint density at radius 2 is 1.73 bits per heavy atom. The molecule has 0 bridgehead atoms. The summed E-state index contributed by atoms with van der Waals surface area (Å²) in [5, 5.41) is 9.02. The molecule has 1 fully saturated rings. The summed E-state index contributed by atoms with van der Waals surface area (Å²) in [6, 6.07) is 18.6. The number of aryl methyl sites for hydroxylation is 1. The third-order valence-corrected chi connectivity index (χ3v) is 5.37. The topological polar surface area (TPSA) is 66.0 Å². The molecule has 3 aromatic heterocycles. The maximum Gasteiger partial charge on any atom is 0.132 e. The lowest BCUT2D eigenvalue weighted by Gasteiger charge is -2.28. The predicted molar refractivity (Wildman–Crippen MR) is 122 cm³/mol. The molecule has 150 valence electrons. The van der Waals surface area contributed by atoms with Crippen molar-refractivity contribution in [3.05, 3.63) is 72.6 Å². The largest absolute Gasteiger partial charge is 0.354 e. The molecule has 1 aliphatic heterocycles. The van der Waals surface area contributed by atoms with Gasteiger partial charge in [-0.3, -0.25) is 0 Å². The maximum atomic E-state index is 4.97. The highest BCUT2D eigenvalue weighted by Gasteiger charge is 2.14. The minimum absolute atomic E-state index is 0.780. The molecule has 4 heterocycles. The van der Waals surface area contributed by atoms with E-state index >= 15 is 0 Å². The highest BCUT2D eigenvalue weighted by Crippen LogP contribution is 2.31. The molecule has 0 spiro atoms. The van der Waals surface area contributed by atoms with Crippen molar-refractivity contribution in [2.45, 2.75) is 6.92 Å². The van der Waals surface area contributed by atoms with E-state index in [9.17, 15) is 0 Å². The predicted octanol–water partition coefficient (Wildman–Crippen LogP) is 4.15. The molecule has 0 aliphatic carbocycles. The van der Waals surface area contributed by atoms with Crippen molar-refractivity contribution >= 4 is 28.2 Å². The summed E-state index contributed by atoms with van der Waals surface area (Å²) in [6.07, 6.45) is 3.69. The van der Waals surface area contributed by atoms with Crippen molar-refractivity contribution in [2.75, 3.05) is 36.4 Å². The van der Waals surface area contributed by atoms with Gasteiger partial charge in [-0.25, -0.2) is 15.0 Å². The fraction of sp³-hybridized carbons (Fsp3) is 0.208. The van der Waals surface area contributed by atoms with Crippen LogP contribution in [-0.2, 0) is 0 Å². The number of pyridine rings is 3. The van der Waals surface area contributed by atoms with Gasteiger partial charge in [0.2, 0.25) is 0 Å². The van der Waals surface area contributed by atoms with Crippen LogP contribution in [0.3, 0.4) is 0 Å². The number of hydrogen-bond donors (Lipinski definition) is 2. The summed E-state index contributed by atoms with van der Waals surface area (Å²) >= 11 is 0. The SMILES string of the molecule is Cc1ccnc(Nc2cc3ccccc3c(-c3ccnc(N4CCNCC4)c3)n2)c1. The summed E-state index contributed by atoms with van der Waals surface area (Å²) in [6.45, 7) is 5.95. The van der Waals surface area contributed by atoms with Crippen molar-refractivity contribution in [2.24, 2.45) is 0 Å². The fourth-order valence-electron chi connectivity index (χ4n) is 3.85. The molecular formula is C24H24N6. The summed E-state index contributed by atoms with van der Waals surface area (Å²) in [7, 11) is 0. The average molecular weight is 396 g/mol. The Bertz CT molecular complexity index is 1180. The number of fused-ring (bicyclic) bond motifs is 1. The molecule has 1 aromatic carbocycles. The molecule has 6 heteroatoms. The van der Waals surface area contributed by atoms with Gasteiger partial charge in [0.15, 0.2) is 0 Å². The quantitative estimate of drug-likeness (QED) is 0.540. The molecule has 30 heavy (non-hydrogen) atoms. The third kappa shape index (κ3) is 3.82. The number of nitrogens with one attached hydrogen (secondary N) is 2. The van der Waals surface area contributed by atoms with Crippen molar-refractivity contribution < 1.29 is 0 Å². The molecule has 0 saturated carbocycles. The van der Waals surface area contributed by atoms with Crippen LogP contribution in [-0.4, -0.2) is 41.1 Å². The Hall–Kier alpha value is -3.51. The van der Waals surface area contributed by atoms with Crippen LogP contribution in [0.5, 0.6) is 0 Å². The molecule has 4 aromatic rings. The molecule has 0 amide bonds. The Labute approximate surface area is 176 Å². The zero-order valence-electron chi connectivity index (χ0n) is 17.0. The molecule has 2 N–H and O–H groups in total. The molecule has 1 saturated heterocycles. The molecule has 1 aliphatic rings. The van der Waals surface area contributed by atoms with Gasteiger partial charge in [0, 0.05) is 49.5 Å². The van der Waals surface area contributed by atoms with Gasteiger partial charge in [-0.05, 0) is 48.2 Å². The van der Waals surface area contributed by atoms with E-state index in [1.807, 2.05) is 30.6 Å². The van der Waals surface area contributed by atoms with E-state index in [0.717, 1.165) is 71.2 Å². The van der Waals surface area contributed by atoms with Gasteiger partial charge < -0.3 is 15.5 Å². The minimum atomic E-state index is 0.780. The van der Waals surface area contributed by atoms with Crippen molar-refractivity contribution in [1.29, 1.82) is 0 Å². The summed E-state index contributed by atoms with van der Waals surface area (Å²) in [5.41, 5.74) is 3.17. The molecule has 0 radical (unpaired) electrons. The fourth-order valence-corrected chi connectivity index (χ4v) is 3.85. The van der Waals surface area contributed by atoms with Crippen LogP contribution in [0.15, 0.2) is 67.0 Å². The van der Waals surface area contributed by atoms with E-state index in [0.29, 0.717) is 0 Å². The Morgan fingerprint density at radius 3 is 2.60 bits per heavy atom. The van der Waals surface area contributed by atoms with Crippen molar-refractivity contribution in [3.63, 3.8) is 0 Å². The Kier molecular flexibility index (Phi) is 4.99. The van der Waals surface area contributed by atoms with Gasteiger partial charge in [-0.2, -0.15) is 0 Å². The zero-order chi connectivity index (χ0) is 20.3. The molecule has 0 unspecified atom stereocenters. The summed E-state index contributed by atoms with van der Waals surface area (Å²) in [5.74, 6) is 2.57. The lowest BCUT2D eigenvalue weighted by atomic mass is 10.0. The average Bonchev–Trinajstić information content (AvgIpc) is 2.79. The van der Waals surface area contributed by atoms with Crippen LogP contribution >= 0.6 is 0 Å². The number of nitrogens with zero attached hydrogens (tertiary/aromatic N) is 4. The first kappa shape index (κ1) is 18.5. The Morgan fingerprint density at radius 1 is 0.900 bits per heavy atom. The Balaban J connectivity index is 1.58. The second-order valence-electron chi connectivity index (χ2n) is 7.56. The first-order valence-electron chi connectivity index (χ1n) is 10.3. The van der Waals surface area contributed by atoms with Gasteiger partial charge in [0.1, 0.15) is 17.5 Å². The van der Waals surface area contributed by atoms with E-state index in [-0.39, 0.29) is 0 Å². The standard InChI is InChI=1S/C24H24N6/c1-17-6-8-26-21(14-17)28-22-15-18-4-2-3-5-20(18)24(29-22)19-7-9-27-23(16-19)30-12-10-25-11-13-30/h2-9,14-16,25H,10-13H2,1H3,(H,26,28,29). The first-order valence-corrected chi connectivity index (χ1v) is 10.3. The second-order valence-corrected chi connectivity index (χ2v) is 7.56. The normalized spacial score (nSPS) is 14.1. The van der Waals surface area contributed by atoms with Crippen LogP contribution in [0.25, 0.3) is 22.0 Å². The lowest BCUT2D eigenvalue weighted by molar-refractivity contribution is 0.585. The highest BCUT2D eigenvalue weighted by atomic mass is 15.2. The number of hydrogen-bond acceptors (Lipinski definition) is 6. The van der Waals surface area contributed by atoms with E-state index < -0.39 is 0 Å². The third-order valence-electron chi connectivity index (χ3n) is 5.37. The number of rotatable bonds is 4. The van der Waals surface area contributed by atoms with Crippen LogP contribution in [0.4, 0.5) is 17.5 Å². The van der Waals surface area contributed by atoms with Gasteiger partial charge in [0.25, 0.3) is 0 Å². The summed E-state index contributed by atoms with van der Waals surface area (Å²) < 4.78 is 0. The van der Waals surface area contributed by atoms with E-state index in [1.165, 1.54) is 0 Å². The molecule has 6 nitrogen and oxygen atoms in total. The van der Waals surface area contributed by atoms with Crippen molar-refractivity contribution in [1.82, 2.24) is 20.3 Å². The first-order chi connectivity index (χ1) is 14.8. The lowest BCUT2D eigenvalue weighted by Crippen LogP contribution is -2.43. The number of aromatic nitrogens is 3. The molecule has 0 atom stereocenters. The smallest absolute Gasteiger partial charge is 0.132 e. The van der Waals surface area contributed by atoms with Gasteiger partial charge in [-0.1, -0.05) is 24.3 Å². The molecular weight excluding hydrogens is 372 g/mol. The van der Waals surface area contributed by atoms with Crippen LogP contribution in [0, 0.1) is 6.92 Å². The number of anilines is 3. The van der Waals surface area contributed by atoms with Gasteiger partial charge in [-0.15, -0.1) is 0 Å². The van der Waals surface area contributed by atoms with Crippen molar-refractivity contribution in [3.8, 4) is 11.3 Å². The van der Waals surface area contributed by atoms with E-state index in [2.05, 4.69) is 68.8 Å². The summed E-state index contributed by atoms with van der Waals surface area (Å²) in [4.78, 5) is 16.3. The minimum Gasteiger partial charge on any atom is -0.354 e. The highest BCUT2D eigenvalue weighted by molar-refractivity contribution is 5.96. The molecule has 5 rings (SSSR count). The van der Waals surface area contributed by atoms with E-state index in [1.54, 1.807) is 0 Å². The van der Waals surface area contributed by atoms with Crippen LogP contribution in [0.2, 0.25) is 0 Å². The monoisotopic (exact) mass is 396 g/mol. The number of benzene rings is 1. The zero-order valence-corrected chi connectivity index (χ0v) is 17.0. The van der Waals surface area contributed by atoms with E-state index in [4.69, 9.17) is 4.98 Å². The number of piperazine rings is 1. The van der Waals surface area contributed by atoms with Crippen LogP contribution in [0.1, 0.15) is 5.56 Å². The van der Waals surface area contributed by atoms with Crippen LogP contribution < -0.4 is 15.5 Å². The second kappa shape index (κ2) is 8.08.